The molecule has 0 aromatic heterocycles. The normalized spacial score (nSPS) is 17.1. The molecule has 0 saturated carbocycles. The summed E-state index contributed by atoms with van der Waals surface area (Å²) >= 11 is 0. The molecule has 114 valence electrons. The summed E-state index contributed by atoms with van der Waals surface area (Å²) in [6.45, 7) is 1.58. The van der Waals surface area contributed by atoms with E-state index in [1.807, 2.05) is 19.0 Å². The molecular weight excluding hydrogens is 279 g/mol. The van der Waals surface area contributed by atoms with Crippen LogP contribution in [0, 0.1) is 11.3 Å². The van der Waals surface area contributed by atoms with Gasteiger partial charge in [-0.2, -0.15) is 18.4 Å². The van der Waals surface area contributed by atoms with E-state index in [1.165, 1.54) is 12.1 Å². The SMILES string of the molecule is CN(C)C1CCN(c2ccc(C(F)(F)F)c(C#N)c2)CC1. The third kappa shape index (κ3) is 3.48. The van der Waals surface area contributed by atoms with Crippen molar-refractivity contribution in [3.63, 3.8) is 0 Å². The van der Waals surface area contributed by atoms with Gasteiger partial charge in [-0.15, -0.1) is 0 Å². The van der Waals surface area contributed by atoms with Crippen LogP contribution in [0.25, 0.3) is 0 Å². The third-order valence-corrected chi connectivity index (χ3v) is 3.99. The summed E-state index contributed by atoms with van der Waals surface area (Å²) in [6.07, 6.45) is -2.55. The predicted octanol–water partition coefficient (Wildman–Crippen LogP) is 3.11. The number of nitriles is 1. The molecule has 0 atom stereocenters. The fourth-order valence-electron chi connectivity index (χ4n) is 2.71. The van der Waals surface area contributed by atoms with Crippen LogP contribution in [0.3, 0.4) is 0 Å². The zero-order valence-corrected chi connectivity index (χ0v) is 12.1. The van der Waals surface area contributed by atoms with Gasteiger partial charge in [-0.1, -0.05) is 0 Å². The smallest absolute Gasteiger partial charge is 0.371 e. The lowest BCUT2D eigenvalue weighted by Crippen LogP contribution is -2.42. The summed E-state index contributed by atoms with van der Waals surface area (Å²) < 4.78 is 38.3. The second-order valence-corrected chi connectivity index (χ2v) is 5.52. The highest BCUT2D eigenvalue weighted by molar-refractivity contribution is 5.55. The molecule has 3 nitrogen and oxygen atoms in total. The zero-order chi connectivity index (χ0) is 15.6. The van der Waals surface area contributed by atoms with Gasteiger partial charge in [0.25, 0.3) is 0 Å². The highest BCUT2D eigenvalue weighted by Crippen LogP contribution is 2.34. The Kier molecular flexibility index (Phi) is 4.43. The van der Waals surface area contributed by atoms with E-state index in [2.05, 4.69) is 4.90 Å². The first-order chi connectivity index (χ1) is 9.82. The highest BCUT2D eigenvalue weighted by atomic mass is 19.4. The Balaban J connectivity index is 2.18. The van der Waals surface area contributed by atoms with Crippen molar-refractivity contribution in [2.75, 3.05) is 32.1 Å². The van der Waals surface area contributed by atoms with Gasteiger partial charge in [0.1, 0.15) is 0 Å². The van der Waals surface area contributed by atoms with Crippen LogP contribution in [-0.2, 0) is 6.18 Å². The molecule has 2 rings (SSSR count). The minimum Gasteiger partial charge on any atom is -0.371 e. The Morgan fingerprint density at radius 3 is 2.33 bits per heavy atom. The number of rotatable bonds is 2. The summed E-state index contributed by atoms with van der Waals surface area (Å²) in [5.41, 5.74) is -0.483. The number of benzene rings is 1. The van der Waals surface area contributed by atoms with Gasteiger partial charge in [-0.05, 0) is 45.1 Å². The van der Waals surface area contributed by atoms with Crippen molar-refractivity contribution in [3.05, 3.63) is 29.3 Å². The molecule has 1 aliphatic rings. The lowest BCUT2D eigenvalue weighted by Gasteiger charge is -2.36. The first-order valence-corrected chi connectivity index (χ1v) is 6.85. The molecule has 0 bridgehead atoms. The first-order valence-electron chi connectivity index (χ1n) is 6.85. The Morgan fingerprint density at radius 1 is 1.24 bits per heavy atom. The van der Waals surface area contributed by atoms with Gasteiger partial charge in [0.15, 0.2) is 0 Å². The number of hydrogen-bond donors (Lipinski definition) is 0. The molecule has 1 heterocycles. The van der Waals surface area contributed by atoms with E-state index < -0.39 is 11.7 Å². The average molecular weight is 297 g/mol. The minimum absolute atomic E-state index is 0.310. The molecule has 1 aliphatic heterocycles. The molecule has 0 N–H and O–H groups in total. The lowest BCUT2D eigenvalue weighted by atomic mass is 10.0. The summed E-state index contributed by atoms with van der Waals surface area (Å²) in [4.78, 5) is 4.21. The van der Waals surface area contributed by atoms with Gasteiger partial charge < -0.3 is 9.80 Å². The van der Waals surface area contributed by atoms with E-state index in [9.17, 15) is 13.2 Å². The Hall–Kier alpha value is -1.74. The van der Waals surface area contributed by atoms with Crippen LogP contribution in [0.4, 0.5) is 18.9 Å². The Bertz CT molecular complexity index is 538. The van der Waals surface area contributed by atoms with Crippen LogP contribution >= 0.6 is 0 Å². The fourth-order valence-corrected chi connectivity index (χ4v) is 2.71. The maximum atomic E-state index is 12.8. The second-order valence-electron chi connectivity index (χ2n) is 5.52. The fraction of sp³-hybridized carbons (Fsp3) is 0.533. The summed E-state index contributed by atoms with van der Waals surface area (Å²) in [5, 5.41) is 8.94. The van der Waals surface area contributed by atoms with Gasteiger partial charge >= 0.3 is 6.18 Å². The van der Waals surface area contributed by atoms with E-state index in [4.69, 9.17) is 5.26 Å². The lowest BCUT2D eigenvalue weighted by molar-refractivity contribution is -0.137. The molecule has 0 spiro atoms. The van der Waals surface area contributed by atoms with Crippen LogP contribution in [0.2, 0.25) is 0 Å². The number of hydrogen-bond acceptors (Lipinski definition) is 3. The van der Waals surface area contributed by atoms with E-state index in [1.54, 1.807) is 6.07 Å². The molecule has 1 saturated heterocycles. The number of anilines is 1. The van der Waals surface area contributed by atoms with Crippen LogP contribution in [0.1, 0.15) is 24.0 Å². The summed E-state index contributed by atoms with van der Waals surface area (Å²) in [5.74, 6) is 0. The largest absolute Gasteiger partial charge is 0.417 e. The maximum Gasteiger partial charge on any atom is 0.417 e. The van der Waals surface area contributed by atoms with Crippen LogP contribution in [-0.4, -0.2) is 38.1 Å². The standard InChI is InChI=1S/C15H18F3N3/c1-20(2)12-5-7-21(8-6-12)13-3-4-14(15(16,17)18)11(9-13)10-19/h3-4,9,12H,5-8H2,1-2H3. The van der Waals surface area contributed by atoms with Gasteiger partial charge in [0.2, 0.25) is 0 Å². The molecule has 6 heteroatoms. The molecule has 1 fully saturated rings. The van der Waals surface area contributed by atoms with Crippen LogP contribution in [0.5, 0.6) is 0 Å². The van der Waals surface area contributed by atoms with Gasteiger partial charge in [0.05, 0.1) is 17.2 Å². The number of alkyl halides is 3. The van der Waals surface area contributed by atoms with E-state index >= 15 is 0 Å². The first kappa shape index (κ1) is 15.6. The van der Waals surface area contributed by atoms with Crippen molar-refractivity contribution in [1.29, 1.82) is 5.26 Å². The van der Waals surface area contributed by atoms with E-state index in [0.29, 0.717) is 11.7 Å². The molecule has 0 aliphatic carbocycles. The van der Waals surface area contributed by atoms with Crippen molar-refractivity contribution in [3.8, 4) is 6.07 Å². The monoisotopic (exact) mass is 297 g/mol. The van der Waals surface area contributed by atoms with Crippen LogP contribution < -0.4 is 4.90 Å². The third-order valence-electron chi connectivity index (χ3n) is 3.99. The van der Waals surface area contributed by atoms with Crippen molar-refractivity contribution in [2.24, 2.45) is 0 Å². The number of piperidine rings is 1. The van der Waals surface area contributed by atoms with Crippen molar-refractivity contribution in [2.45, 2.75) is 25.1 Å². The quantitative estimate of drug-likeness (QED) is 0.840. The summed E-state index contributed by atoms with van der Waals surface area (Å²) in [6, 6.07) is 5.97. The molecule has 21 heavy (non-hydrogen) atoms. The predicted molar refractivity (Wildman–Crippen MR) is 75.1 cm³/mol. The van der Waals surface area contributed by atoms with Gasteiger partial charge in [-0.3, -0.25) is 0 Å². The van der Waals surface area contributed by atoms with E-state index in [-0.39, 0.29) is 5.56 Å². The van der Waals surface area contributed by atoms with E-state index in [0.717, 1.165) is 32.0 Å². The van der Waals surface area contributed by atoms with Crippen LogP contribution in [0.15, 0.2) is 18.2 Å². The van der Waals surface area contributed by atoms with Crippen molar-refractivity contribution in [1.82, 2.24) is 4.90 Å². The number of halogens is 3. The zero-order valence-electron chi connectivity index (χ0n) is 12.1. The highest BCUT2D eigenvalue weighted by Gasteiger charge is 2.34. The summed E-state index contributed by atoms with van der Waals surface area (Å²) in [7, 11) is 4.07. The number of nitrogens with zero attached hydrogens (tertiary/aromatic N) is 3. The Labute approximate surface area is 122 Å². The molecule has 0 amide bonds. The maximum absolute atomic E-state index is 12.8. The van der Waals surface area contributed by atoms with Gasteiger partial charge in [0, 0.05) is 24.8 Å². The minimum atomic E-state index is -4.48. The molecule has 0 unspecified atom stereocenters. The second kappa shape index (κ2) is 5.94. The average Bonchev–Trinajstić information content (AvgIpc) is 2.45. The van der Waals surface area contributed by atoms with Gasteiger partial charge in [-0.25, -0.2) is 0 Å². The Morgan fingerprint density at radius 2 is 1.86 bits per heavy atom. The molecule has 1 aromatic rings. The van der Waals surface area contributed by atoms with Crippen molar-refractivity contribution >= 4 is 5.69 Å². The molecular formula is C15H18F3N3. The van der Waals surface area contributed by atoms with Crippen molar-refractivity contribution < 1.29 is 13.2 Å². The molecule has 0 radical (unpaired) electrons. The molecule has 1 aromatic carbocycles. The topological polar surface area (TPSA) is 30.3 Å².